The molecule has 156 valence electrons. The van der Waals surface area contributed by atoms with Gasteiger partial charge in [-0.15, -0.1) is 22.7 Å². The van der Waals surface area contributed by atoms with Gasteiger partial charge >= 0.3 is 0 Å². The first-order valence-corrected chi connectivity index (χ1v) is 12.1. The van der Waals surface area contributed by atoms with Gasteiger partial charge in [0.25, 0.3) is 0 Å². The van der Waals surface area contributed by atoms with Crippen LogP contribution in [0, 0.1) is 5.92 Å². The maximum Gasteiger partial charge on any atom is 0.223 e. The van der Waals surface area contributed by atoms with E-state index in [-0.39, 0.29) is 17.7 Å². The van der Waals surface area contributed by atoms with Crippen molar-refractivity contribution in [3.8, 4) is 0 Å². The van der Waals surface area contributed by atoms with Crippen molar-refractivity contribution in [2.75, 3.05) is 37.6 Å². The number of aryl methyl sites for hydroxylation is 1. The summed E-state index contributed by atoms with van der Waals surface area (Å²) in [6.07, 6.45) is 4.02. The predicted octanol–water partition coefficient (Wildman–Crippen LogP) is 2.73. The van der Waals surface area contributed by atoms with Crippen molar-refractivity contribution in [1.29, 1.82) is 0 Å². The number of thiophene rings is 1. The fraction of sp³-hybridized carbons (Fsp3) is 0.571. The average Bonchev–Trinajstić information content (AvgIpc) is 3.42. The van der Waals surface area contributed by atoms with Crippen LogP contribution in [0.15, 0.2) is 17.5 Å². The SMILES string of the molecule is CCC(=O)N1CCN(c2nc3c(s2)C[C@H](C(=O)NCCc2cccs2)CC3)CC1. The molecule has 1 aliphatic carbocycles. The molecule has 2 amide bonds. The largest absolute Gasteiger partial charge is 0.355 e. The van der Waals surface area contributed by atoms with Crippen LogP contribution in [0.2, 0.25) is 0 Å². The second kappa shape index (κ2) is 9.26. The Bertz CT molecular complexity index is 841. The van der Waals surface area contributed by atoms with Gasteiger partial charge in [-0.1, -0.05) is 13.0 Å². The Balaban J connectivity index is 1.29. The Morgan fingerprint density at radius 1 is 1.28 bits per heavy atom. The lowest BCUT2D eigenvalue weighted by molar-refractivity contribution is -0.131. The molecule has 0 radical (unpaired) electrons. The van der Waals surface area contributed by atoms with Gasteiger partial charge in [0.2, 0.25) is 11.8 Å². The quantitative estimate of drug-likeness (QED) is 0.762. The van der Waals surface area contributed by atoms with Crippen LogP contribution in [0.4, 0.5) is 5.13 Å². The molecule has 0 aromatic carbocycles. The molecule has 0 bridgehead atoms. The second-order valence-electron chi connectivity index (χ2n) is 7.65. The Morgan fingerprint density at radius 3 is 2.83 bits per heavy atom. The van der Waals surface area contributed by atoms with Crippen molar-refractivity contribution in [2.24, 2.45) is 5.92 Å². The van der Waals surface area contributed by atoms with E-state index in [0.717, 1.165) is 57.0 Å². The zero-order valence-corrected chi connectivity index (χ0v) is 18.5. The molecule has 1 fully saturated rings. The maximum absolute atomic E-state index is 12.6. The third kappa shape index (κ3) is 4.80. The normalized spacial score (nSPS) is 19.1. The molecule has 2 aromatic heterocycles. The molecule has 0 spiro atoms. The minimum absolute atomic E-state index is 0.0539. The summed E-state index contributed by atoms with van der Waals surface area (Å²) in [5.41, 5.74) is 1.17. The van der Waals surface area contributed by atoms with Crippen molar-refractivity contribution in [2.45, 2.75) is 39.0 Å². The molecular weight excluding hydrogens is 404 g/mol. The number of thiazole rings is 1. The lowest BCUT2D eigenvalue weighted by Crippen LogP contribution is -2.48. The zero-order valence-electron chi connectivity index (χ0n) is 16.9. The molecule has 4 rings (SSSR count). The van der Waals surface area contributed by atoms with E-state index in [4.69, 9.17) is 4.98 Å². The number of anilines is 1. The van der Waals surface area contributed by atoms with Gasteiger partial charge in [0.15, 0.2) is 5.13 Å². The van der Waals surface area contributed by atoms with Crippen LogP contribution >= 0.6 is 22.7 Å². The van der Waals surface area contributed by atoms with Gasteiger partial charge in [0.1, 0.15) is 0 Å². The molecule has 2 aliphatic rings. The molecule has 6 nitrogen and oxygen atoms in total. The highest BCUT2D eigenvalue weighted by molar-refractivity contribution is 7.15. The predicted molar refractivity (Wildman–Crippen MR) is 118 cm³/mol. The van der Waals surface area contributed by atoms with Crippen LogP contribution in [-0.4, -0.2) is 54.4 Å². The molecule has 0 saturated carbocycles. The van der Waals surface area contributed by atoms with Gasteiger partial charge in [-0.25, -0.2) is 4.98 Å². The number of rotatable bonds is 6. The number of hydrogen-bond donors (Lipinski definition) is 1. The van der Waals surface area contributed by atoms with Crippen LogP contribution in [0.25, 0.3) is 0 Å². The topological polar surface area (TPSA) is 65.5 Å². The summed E-state index contributed by atoms with van der Waals surface area (Å²) in [7, 11) is 0. The van der Waals surface area contributed by atoms with Gasteiger partial charge in [-0.05, 0) is 37.1 Å². The van der Waals surface area contributed by atoms with Gasteiger partial charge < -0.3 is 15.1 Å². The fourth-order valence-corrected chi connectivity index (χ4v) is 5.95. The van der Waals surface area contributed by atoms with E-state index in [9.17, 15) is 9.59 Å². The van der Waals surface area contributed by atoms with E-state index in [0.29, 0.717) is 13.0 Å². The molecule has 2 aromatic rings. The molecule has 1 N–H and O–H groups in total. The molecule has 29 heavy (non-hydrogen) atoms. The molecule has 3 heterocycles. The summed E-state index contributed by atoms with van der Waals surface area (Å²) in [5, 5.41) is 6.24. The number of hydrogen-bond acceptors (Lipinski definition) is 6. The number of nitrogens with one attached hydrogen (secondary N) is 1. The number of fused-ring (bicyclic) bond motifs is 1. The first kappa shape index (κ1) is 20.3. The summed E-state index contributed by atoms with van der Waals surface area (Å²) >= 11 is 3.47. The maximum atomic E-state index is 12.6. The number of nitrogens with zero attached hydrogens (tertiary/aromatic N) is 3. The third-order valence-electron chi connectivity index (χ3n) is 5.76. The highest BCUT2D eigenvalue weighted by Crippen LogP contribution is 2.34. The number of piperazine rings is 1. The Labute approximate surface area is 179 Å². The van der Waals surface area contributed by atoms with Crippen LogP contribution in [0.1, 0.15) is 35.2 Å². The van der Waals surface area contributed by atoms with Gasteiger partial charge in [0.05, 0.1) is 5.69 Å². The van der Waals surface area contributed by atoms with E-state index < -0.39 is 0 Å². The Kier molecular flexibility index (Phi) is 6.50. The van der Waals surface area contributed by atoms with Crippen molar-refractivity contribution >= 4 is 39.6 Å². The van der Waals surface area contributed by atoms with E-state index >= 15 is 0 Å². The van der Waals surface area contributed by atoms with Gasteiger partial charge in [-0.2, -0.15) is 0 Å². The third-order valence-corrected chi connectivity index (χ3v) is 7.87. The van der Waals surface area contributed by atoms with E-state index in [1.807, 2.05) is 17.9 Å². The minimum Gasteiger partial charge on any atom is -0.355 e. The van der Waals surface area contributed by atoms with Crippen molar-refractivity contribution in [1.82, 2.24) is 15.2 Å². The van der Waals surface area contributed by atoms with Crippen LogP contribution < -0.4 is 10.2 Å². The van der Waals surface area contributed by atoms with Crippen molar-refractivity contribution < 1.29 is 9.59 Å². The lowest BCUT2D eigenvalue weighted by Gasteiger charge is -2.34. The number of carbonyl (C=O) groups is 2. The summed E-state index contributed by atoms with van der Waals surface area (Å²) in [6.45, 7) is 5.84. The number of amides is 2. The Morgan fingerprint density at radius 2 is 2.10 bits per heavy atom. The summed E-state index contributed by atoms with van der Waals surface area (Å²) in [6, 6.07) is 4.16. The van der Waals surface area contributed by atoms with E-state index in [2.05, 4.69) is 21.7 Å². The minimum atomic E-state index is 0.0539. The van der Waals surface area contributed by atoms with E-state index in [1.165, 1.54) is 15.4 Å². The highest BCUT2D eigenvalue weighted by atomic mass is 32.1. The zero-order chi connectivity index (χ0) is 20.2. The van der Waals surface area contributed by atoms with Crippen LogP contribution in [-0.2, 0) is 28.9 Å². The van der Waals surface area contributed by atoms with Crippen molar-refractivity contribution in [3.05, 3.63) is 33.0 Å². The van der Waals surface area contributed by atoms with E-state index in [1.54, 1.807) is 22.7 Å². The second-order valence-corrected chi connectivity index (χ2v) is 9.74. The first-order chi connectivity index (χ1) is 14.1. The fourth-order valence-electron chi connectivity index (χ4n) is 4.00. The summed E-state index contributed by atoms with van der Waals surface area (Å²) in [4.78, 5) is 36.1. The Hall–Kier alpha value is -1.93. The average molecular weight is 433 g/mol. The number of carbonyl (C=O) groups excluding carboxylic acids is 2. The molecule has 1 aliphatic heterocycles. The van der Waals surface area contributed by atoms with Crippen molar-refractivity contribution in [3.63, 3.8) is 0 Å². The number of aromatic nitrogens is 1. The van der Waals surface area contributed by atoms with Gasteiger partial charge in [-0.3, -0.25) is 9.59 Å². The standard InChI is InChI=1S/C21H28N4O2S2/c1-2-19(26)24-9-11-25(12-10-24)21-23-17-6-5-15(14-18(17)29-21)20(27)22-8-7-16-4-3-13-28-16/h3-4,13,15H,2,5-12,14H2,1H3,(H,22,27)/t15-/m1/s1. The monoisotopic (exact) mass is 432 g/mol. The van der Waals surface area contributed by atoms with Gasteiger partial charge in [0, 0.05) is 54.8 Å². The lowest BCUT2D eigenvalue weighted by atomic mass is 9.90. The highest BCUT2D eigenvalue weighted by Gasteiger charge is 2.29. The molecule has 0 unspecified atom stereocenters. The molecule has 8 heteroatoms. The first-order valence-electron chi connectivity index (χ1n) is 10.5. The molecular formula is C21H28N4O2S2. The smallest absolute Gasteiger partial charge is 0.223 e. The van der Waals surface area contributed by atoms with Crippen LogP contribution in [0.3, 0.4) is 0 Å². The summed E-state index contributed by atoms with van der Waals surface area (Å²) < 4.78 is 0. The summed E-state index contributed by atoms with van der Waals surface area (Å²) in [5.74, 6) is 0.461. The molecule has 1 saturated heterocycles. The molecule has 1 atom stereocenters. The van der Waals surface area contributed by atoms with Crippen LogP contribution in [0.5, 0.6) is 0 Å².